The Morgan fingerprint density at radius 3 is 2.50 bits per heavy atom. The second kappa shape index (κ2) is 11.9. The number of pyridine rings is 1. The largest absolute Gasteiger partial charge is 0.477 e. The van der Waals surface area contributed by atoms with E-state index < -0.39 is 0 Å². The molecule has 178 valence electrons. The fourth-order valence-corrected chi connectivity index (χ4v) is 4.25. The molecular weight excluding hydrogens is 438 g/mol. The average Bonchev–Trinajstić information content (AvgIpc) is 2.85. The molecule has 1 aromatic heterocycles. The summed E-state index contributed by atoms with van der Waals surface area (Å²) in [4.78, 5) is 11.3. The number of thioether (sulfide) groups is 1. The number of anilines is 1. The van der Waals surface area contributed by atoms with Gasteiger partial charge in [-0.05, 0) is 41.7 Å². The molecule has 0 bridgehead atoms. The summed E-state index contributed by atoms with van der Waals surface area (Å²) in [5, 5.41) is 2.01. The maximum Gasteiger partial charge on any atom is 0.213 e. The fraction of sp³-hybridized carbons (Fsp3) is 0.310. The molecule has 0 amide bonds. The number of aliphatic imine (C=N–C) groups is 1. The quantitative estimate of drug-likeness (QED) is 0.365. The molecule has 0 atom stereocenters. The molecule has 2 aromatic carbocycles. The van der Waals surface area contributed by atoms with Crippen molar-refractivity contribution in [2.45, 2.75) is 41.0 Å². The Bertz CT molecular complexity index is 1160. The molecule has 3 aromatic rings. The van der Waals surface area contributed by atoms with Crippen LogP contribution in [0.1, 0.15) is 40.2 Å². The molecule has 0 radical (unpaired) electrons. The highest BCUT2D eigenvalue weighted by molar-refractivity contribution is 8.14. The zero-order chi connectivity index (χ0) is 24.6. The molecule has 0 aliphatic carbocycles. The first-order valence-electron chi connectivity index (χ1n) is 11.8. The van der Waals surface area contributed by atoms with Crippen LogP contribution in [0.3, 0.4) is 0 Å². The first-order valence-corrected chi connectivity index (χ1v) is 12.8. The summed E-state index contributed by atoms with van der Waals surface area (Å²) in [6.07, 6.45) is 4.80. The third-order valence-corrected chi connectivity index (χ3v) is 6.02. The van der Waals surface area contributed by atoms with Gasteiger partial charge in [0, 0.05) is 35.3 Å². The normalized spacial score (nSPS) is 13.4. The lowest BCUT2D eigenvalue weighted by Crippen LogP contribution is -2.22. The van der Waals surface area contributed by atoms with Crippen molar-refractivity contribution in [1.29, 1.82) is 0 Å². The van der Waals surface area contributed by atoms with Gasteiger partial charge in [0.15, 0.2) is 0 Å². The highest BCUT2D eigenvalue weighted by Crippen LogP contribution is 2.30. The lowest BCUT2D eigenvalue weighted by atomic mass is 9.99. The number of hydrogen-bond donors (Lipinski definition) is 0. The molecule has 1 aliphatic rings. The Morgan fingerprint density at radius 1 is 1.00 bits per heavy atom. The highest BCUT2D eigenvalue weighted by atomic mass is 32.2. The molecule has 2 heterocycles. The standard InChI is InChI=1S/C27H29N3OS.C2H6/c1-20-26(32-17-14-21-8-6-5-7-9-21)28-15-16-30(20)23-11-12-24-22(18-23)10-13-25(29-24)31-19-27(2,3)4;1-2/h5-13,15-16,18H,1,14,17,19H2,2-4H3;1-2H3. The van der Waals surface area contributed by atoms with Crippen LogP contribution < -0.4 is 9.64 Å². The molecule has 0 spiro atoms. The van der Waals surface area contributed by atoms with Gasteiger partial charge in [-0.2, -0.15) is 0 Å². The Balaban J connectivity index is 0.00000158. The van der Waals surface area contributed by atoms with Crippen LogP contribution in [0.2, 0.25) is 0 Å². The Morgan fingerprint density at radius 2 is 1.76 bits per heavy atom. The van der Waals surface area contributed by atoms with Crippen molar-refractivity contribution in [3.63, 3.8) is 0 Å². The Labute approximate surface area is 208 Å². The van der Waals surface area contributed by atoms with Crippen molar-refractivity contribution in [1.82, 2.24) is 4.98 Å². The van der Waals surface area contributed by atoms with Gasteiger partial charge in [0.05, 0.1) is 17.8 Å². The minimum absolute atomic E-state index is 0.0970. The van der Waals surface area contributed by atoms with Crippen LogP contribution in [0, 0.1) is 5.41 Å². The van der Waals surface area contributed by atoms with E-state index in [1.54, 1.807) is 11.8 Å². The number of hydrogen-bond acceptors (Lipinski definition) is 5. The maximum absolute atomic E-state index is 5.86. The van der Waals surface area contributed by atoms with E-state index in [2.05, 4.69) is 84.7 Å². The van der Waals surface area contributed by atoms with E-state index in [4.69, 9.17) is 4.74 Å². The van der Waals surface area contributed by atoms with E-state index in [-0.39, 0.29) is 5.41 Å². The van der Waals surface area contributed by atoms with Crippen molar-refractivity contribution >= 4 is 33.4 Å². The SMILES string of the molecule is C=C1C(SCCc2ccccc2)=NC=CN1c1ccc2nc(OCC(C)(C)C)ccc2c1.CC. The van der Waals surface area contributed by atoms with E-state index in [0.29, 0.717) is 12.5 Å². The molecule has 4 nitrogen and oxygen atoms in total. The summed E-state index contributed by atoms with van der Waals surface area (Å²) < 4.78 is 5.86. The number of rotatable bonds is 6. The summed E-state index contributed by atoms with van der Waals surface area (Å²) in [7, 11) is 0. The average molecular weight is 474 g/mol. The van der Waals surface area contributed by atoms with Crippen LogP contribution in [0.15, 0.2) is 90.3 Å². The highest BCUT2D eigenvalue weighted by Gasteiger charge is 2.18. The third kappa shape index (κ3) is 6.97. The van der Waals surface area contributed by atoms with Gasteiger partial charge in [-0.15, -0.1) is 11.8 Å². The number of fused-ring (bicyclic) bond motifs is 1. The molecule has 5 heteroatoms. The van der Waals surface area contributed by atoms with Gasteiger partial charge in [0.25, 0.3) is 0 Å². The number of aryl methyl sites for hydroxylation is 1. The molecule has 0 unspecified atom stereocenters. The molecule has 4 rings (SSSR count). The fourth-order valence-electron chi connectivity index (χ4n) is 3.32. The van der Waals surface area contributed by atoms with Gasteiger partial charge < -0.3 is 9.64 Å². The van der Waals surface area contributed by atoms with Crippen LogP contribution in [0.5, 0.6) is 5.88 Å². The lowest BCUT2D eigenvalue weighted by molar-refractivity contribution is 0.192. The van der Waals surface area contributed by atoms with E-state index >= 15 is 0 Å². The summed E-state index contributed by atoms with van der Waals surface area (Å²) >= 11 is 1.74. The first-order chi connectivity index (χ1) is 16.4. The summed E-state index contributed by atoms with van der Waals surface area (Å²) in [6.45, 7) is 15.4. The van der Waals surface area contributed by atoms with Gasteiger partial charge in [0.2, 0.25) is 5.88 Å². The van der Waals surface area contributed by atoms with E-state index in [9.17, 15) is 0 Å². The summed E-state index contributed by atoms with van der Waals surface area (Å²) in [5.41, 5.74) is 4.28. The topological polar surface area (TPSA) is 37.7 Å². The molecule has 0 N–H and O–H groups in total. The second-order valence-corrected chi connectivity index (χ2v) is 10.1. The van der Waals surface area contributed by atoms with Crippen LogP contribution in [-0.4, -0.2) is 22.4 Å². The molecule has 0 saturated heterocycles. The van der Waals surface area contributed by atoms with E-state index in [0.717, 1.165) is 39.5 Å². The maximum atomic E-state index is 5.86. The lowest BCUT2D eigenvalue weighted by Gasteiger charge is -2.26. The van der Waals surface area contributed by atoms with Crippen LogP contribution in [0.25, 0.3) is 10.9 Å². The predicted molar refractivity (Wildman–Crippen MR) is 149 cm³/mol. The van der Waals surface area contributed by atoms with Gasteiger partial charge in [-0.3, -0.25) is 0 Å². The van der Waals surface area contributed by atoms with Crippen LogP contribution in [0.4, 0.5) is 5.69 Å². The summed E-state index contributed by atoms with van der Waals surface area (Å²) in [6, 6.07) is 20.7. The van der Waals surface area contributed by atoms with Crippen molar-refractivity contribution in [2.75, 3.05) is 17.3 Å². The zero-order valence-corrected chi connectivity index (χ0v) is 21.7. The van der Waals surface area contributed by atoms with Gasteiger partial charge in [0.1, 0.15) is 5.04 Å². The van der Waals surface area contributed by atoms with Crippen LogP contribution in [-0.2, 0) is 6.42 Å². The predicted octanol–water partition coefficient (Wildman–Crippen LogP) is 7.87. The minimum Gasteiger partial charge on any atom is -0.477 e. The minimum atomic E-state index is 0.0970. The van der Waals surface area contributed by atoms with Crippen molar-refractivity contribution in [3.8, 4) is 5.88 Å². The Hall–Kier alpha value is -3.05. The first kappa shape index (κ1) is 25.6. The molecule has 0 saturated carbocycles. The monoisotopic (exact) mass is 473 g/mol. The second-order valence-electron chi connectivity index (χ2n) is 9.01. The van der Waals surface area contributed by atoms with Gasteiger partial charge in [-0.25, -0.2) is 9.98 Å². The zero-order valence-electron chi connectivity index (χ0n) is 20.9. The van der Waals surface area contributed by atoms with Crippen molar-refractivity contribution < 1.29 is 4.74 Å². The molecule has 0 fully saturated rings. The van der Waals surface area contributed by atoms with Gasteiger partial charge in [-0.1, -0.05) is 71.5 Å². The van der Waals surface area contributed by atoms with Gasteiger partial charge >= 0.3 is 0 Å². The summed E-state index contributed by atoms with van der Waals surface area (Å²) in [5.74, 6) is 1.62. The van der Waals surface area contributed by atoms with Crippen LogP contribution >= 0.6 is 11.8 Å². The van der Waals surface area contributed by atoms with Crippen molar-refractivity contribution in [2.24, 2.45) is 10.4 Å². The smallest absolute Gasteiger partial charge is 0.213 e. The molecule has 34 heavy (non-hydrogen) atoms. The molecule has 1 aliphatic heterocycles. The number of benzene rings is 2. The van der Waals surface area contributed by atoms with E-state index in [1.807, 2.05) is 44.4 Å². The third-order valence-electron chi connectivity index (χ3n) is 5.00. The molecular formula is C29H35N3OS. The van der Waals surface area contributed by atoms with E-state index in [1.165, 1.54) is 5.56 Å². The number of nitrogens with zero attached hydrogens (tertiary/aromatic N) is 3. The Kier molecular flexibility index (Phi) is 8.94. The number of aromatic nitrogens is 1. The van der Waals surface area contributed by atoms with Crippen molar-refractivity contribution in [3.05, 3.63) is 90.9 Å². The number of ether oxygens (including phenoxy) is 1.